The average Bonchev–Trinajstić information content (AvgIpc) is 3.42. The number of methoxy groups -OCH3 is 1. The minimum atomic E-state index is -1.98. The Kier molecular flexibility index (Phi) is 6.91. The summed E-state index contributed by atoms with van der Waals surface area (Å²) in [7, 11) is 19.9. The third-order valence-corrected chi connectivity index (χ3v) is 5.41. The summed E-state index contributed by atoms with van der Waals surface area (Å²) in [4.78, 5) is 33.0. The van der Waals surface area contributed by atoms with Crippen LogP contribution in [0, 0.1) is 0 Å². The van der Waals surface area contributed by atoms with Crippen molar-refractivity contribution in [3.63, 3.8) is 0 Å². The molecular formula is C21H22B3N9O3. The minimum absolute atomic E-state index is 0.146. The molecule has 0 unspecified atom stereocenters. The molecule has 3 aromatic rings. The Bertz CT molecular complexity index is 1300. The predicted molar refractivity (Wildman–Crippen MR) is 136 cm³/mol. The average molecular weight is 481 g/mol. The second kappa shape index (κ2) is 9.92. The maximum Gasteiger partial charge on any atom is 0.325 e. The van der Waals surface area contributed by atoms with Crippen LogP contribution in [0.25, 0.3) is 11.4 Å². The molecule has 6 radical (unpaired) electrons. The molecule has 0 atom stereocenters. The minimum Gasteiger partial charge on any atom is -0.494 e. The number of urea groups is 1. The van der Waals surface area contributed by atoms with Crippen molar-refractivity contribution < 1.29 is 14.3 Å². The second-order valence-corrected chi connectivity index (χ2v) is 8.12. The summed E-state index contributed by atoms with van der Waals surface area (Å²) in [6.07, 6.45) is 1.57. The van der Waals surface area contributed by atoms with Crippen LogP contribution in [-0.2, 0) is 7.05 Å². The number of rotatable bonds is 8. The molecule has 178 valence electrons. The summed E-state index contributed by atoms with van der Waals surface area (Å²) in [5.41, 5.74) is 1.17. The summed E-state index contributed by atoms with van der Waals surface area (Å²) < 4.78 is 7.22. The van der Waals surface area contributed by atoms with Gasteiger partial charge >= 0.3 is 6.03 Å². The highest BCUT2D eigenvalue weighted by atomic mass is 16.5. The van der Waals surface area contributed by atoms with Gasteiger partial charge in [0, 0.05) is 32.7 Å². The van der Waals surface area contributed by atoms with E-state index in [1.54, 1.807) is 41.2 Å². The molecule has 4 rings (SSSR count). The summed E-state index contributed by atoms with van der Waals surface area (Å²) in [6.45, 7) is 3.42. The molecule has 1 aliphatic heterocycles. The number of para-hydroxylation sites is 1. The van der Waals surface area contributed by atoms with Crippen molar-refractivity contribution in [2.75, 3.05) is 37.0 Å². The lowest BCUT2D eigenvalue weighted by molar-refractivity contribution is 0.0947. The van der Waals surface area contributed by atoms with Crippen LogP contribution in [0.3, 0.4) is 0 Å². The van der Waals surface area contributed by atoms with Gasteiger partial charge in [-0.15, -0.1) is 10.2 Å². The van der Waals surface area contributed by atoms with E-state index in [9.17, 15) is 9.59 Å². The van der Waals surface area contributed by atoms with Crippen LogP contribution in [-0.4, -0.2) is 97.3 Å². The zero-order valence-corrected chi connectivity index (χ0v) is 20.1. The number of likely N-dealkylation sites (N-methyl/N-ethyl adjacent to an activating group) is 1. The topological polar surface area (TPSA) is 130 Å². The van der Waals surface area contributed by atoms with E-state index in [1.165, 1.54) is 18.1 Å². The molecule has 1 aromatic carbocycles. The van der Waals surface area contributed by atoms with Gasteiger partial charge in [0.25, 0.3) is 5.91 Å². The highest BCUT2D eigenvalue weighted by Gasteiger charge is 2.31. The van der Waals surface area contributed by atoms with E-state index in [-0.39, 0.29) is 23.2 Å². The molecule has 1 saturated heterocycles. The lowest BCUT2D eigenvalue weighted by atomic mass is 9.49. The standard InChI is InChI=1S/C21H22B3N9O3/c1-4-32-8-9-33(20(32)35)15-10-14(16(29-28-15)19(34)27-21(22,23)24)26-13-7-5-6-12(17(13)36-3)18-25-11-31(2)30-18/h5-7,10-11H,4,8-9H2,1-3H3,(H,26,28)(H,27,34). The summed E-state index contributed by atoms with van der Waals surface area (Å²) in [5.74, 6) is 0.365. The Hall–Kier alpha value is -4.03. The first-order valence-corrected chi connectivity index (χ1v) is 11.0. The van der Waals surface area contributed by atoms with Crippen LogP contribution < -0.4 is 20.3 Å². The number of anilines is 3. The van der Waals surface area contributed by atoms with E-state index >= 15 is 0 Å². The van der Waals surface area contributed by atoms with Crippen molar-refractivity contribution in [1.82, 2.24) is 35.2 Å². The SMILES string of the molecule is [B]C([B])([B])NC(=O)c1nnc(N2CCN(CC)C2=O)cc1Nc1cccc(-c2ncn(C)n2)c1OC. The fourth-order valence-corrected chi connectivity index (χ4v) is 3.76. The normalized spacial score (nSPS) is 13.7. The molecular weight excluding hydrogens is 459 g/mol. The molecule has 36 heavy (non-hydrogen) atoms. The van der Waals surface area contributed by atoms with E-state index in [4.69, 9.17) is 28.3 Å². The van der Waals surface area contributed by atoms with Gasteiger partial charge in [-0.25, -0.2) is 9.78 Å². The van der Waals surface area contributed by atoms with Gasteiger partial charge in [-0.1, -0.05) is 11.3 Å². The van der Waals surface area contributed by atoms with E-state index in [1.807, 2.05) is 6.92 Å². The highest BCUT2D eigenvalue weighted by Crippen LogP contribution is 2.37. The smallest absolute Gasteiger partial charge is 0.325 e. The Morgan fingerprint density at radius 3 is 2.58 bits per heavy atom. The molecule has 0 bridgehead atoms. The van der Waals surface area contributed by atoms with Gasteiger partial charge in [-0.05, 0) is 19.1 Å². The highest BCUT2D eigenvalue weighted by molar-refractivity contribution is 6.60. The fraction of sp³-hybridized carbons (Fsp3) is 0.333. The lowest BCUT2D eigenvalue weighted by Crippen LogP contribution is -2.50. The van der Waals surface area contributed by atoms with E-state index in [2.05, 4.69) is 30.9 Å². The van der Waals surface area contributed by atoms with Crippen molar-refractivity contribution in [1.29, 1.82) is 0 Å². The molecule has 0 spiro atoms. The zero-order valence-electron chi connectivity index (χ0n) is 20.1. The largest absolute Gasteiger partial charge is 0.494 e. The third kappa shape index (κ3) is 5.14. The number of aromatic nitrogens is 5. The van der Waals surface area contributed by atoms with E-state index < -0.39 is 11.1 Å². The van der Waals surface area contributed by atoms with Crippen LogP contribution in [0.5, 0.6) is 5.75 Å². The number of carbonyl (C=O) groups excluding carboxylic acids is 2. The number of ether oxygens (including phenoxy) is 1. The number of benzene rings is 1. The van der Waals surface area contributed by atoms with Gasteiger partial charge < -0.3 is 20.3 Å². The zero-order chi connectivity index (χ0) is 26.0. The van der Waals surface area contributed by atoms with Crippen LogP contribution in [0.2, 0.25) is 0 Å². The first-order chi connectivity index (χ1) is 17.1. The molecule has 1 aliphatic rings. The molecule has 0 aliphatic carbocycles. The number of hydrogen-bond acceptors (Lipinski definition) is 8. The molecule has 1 fully saturated rings. The van der Waals surface area contributed by atoms with Gasteiger partial charge in [0.2, 0.25) is 0 Å². The summed E-state index contributed by atoms with van der Waals surface area (Å²) >= 11 is 0. The Labute approximate surface area is 212 Å². The third-order valence-electron chi connectivity index (χ3n) is 5.41. The number of carbonyl (C=O) groups is 2. The van der Waals surface area contributed by atoms with E-state index in [0.29, 0.717) is 42.5 Å². The number of nitrogens with one attached hydrogen (secondary N) is 2. The van der Waals surface area contributed by atoms with Gasteiger partial charge in [0.15, 0.2) is 23.1 Å². The van der Waals surface area contributed by atoms with E-state index in [0.717, 1.165) is 0 Å². The van der Waals surface area contributed by atoms with Gasteiger partial charge in [0.1, 0.15) is 6.33 Å². The Morgan fingerprint density at radius 1 is 1.19 bits per heavy atom. The monoisotopic (exact) mass is 481 g/mol. The fourth-order valence-electron chi connectivity index (χ4n) is 3.76. The molecule has 12 nitrogen and oxygen atoms in total. The first-order valence-electron chi connectivity index (χ1n) is 11.0. The number of aryl methyl sites for hydroxylation is 1. The second-order valence-electron chi connectivity index (χ2n) is 8.12. The van der Waals surface area contributed by atoms with Crippen LogP contribution in [0.4, 0.5) is 22.0 Å². The Balaban J connectivity index is 1.77. The van der Waals surface area contributed by atoms with Crippen molar-refractivity contribution >= 4 is 52.7 Å². The lowest BCUT2D eigenvalue weighted by Gasteiger charge is -2.23. The molecule has 0 saturated carbocycles. The number of amides is 3. The maximum absolute atomic E-state index is 12.9. The number of hydrogen-bond donors (Lipinski definition) is 2. The Morgan fingerprint density at radius 2 is 1.97 bits per heavy atom. The predicted octanol–water partition coefficient (Wildman–Crippen LogP) is 0.133. The quantitative estimate of drug-likeness (QED) is 0.435. The molecule has 2 N–H and O–H groups in total. The van der Waals surface area contributed by atoms with Crippen molar-refractivity contribution in [3.8, 4) is 17.1 Å². The van der Waals surface area contributed by atoms with Crippen molar-refractivity contribution in [2.45, 2.75) is 12.2 Å². The van der Waals surface area contributed by atoms with Gasteiger partial charge in [0.05, 0.1) is 47.6 Å². The molecule has 15 heteroatoms. The molecule has 2 aromatic heterocycles. The van der Waals surface area contributed by atoms with Crippen LogP contribution in [0.15, 0.2) is 30.6 Å². The van der Waals surface area contributed by atoms with Gasteiger partial charge in [-0.3, -0.25) is 14.4 Å². The molecule has 3 amide bonds. The van der Waals surface area contributed by atoms with Crippen molar-refractivity contribution in [3.05, 3.63) is 36.3 Å². The summed E-state index contributed by atoms with van der Waals surface area (Å²) in [6, 6.07) is 6.65. The maximum atomic E-state index is 12.9. The van der Waals surface area contributed by atoms with Crippen molar-refractivity contribution in [2.24, 2.45) is 7.05 Å². The summed E-state index contributed by atoms with van der Waals surface area (Å²) in [5, 5.41) is 15.9. The van der Waals surface area contributed by atoms with Gasteiger partial charge in [-0.2, -0.15) is 5.10 Å². The molecule has 3 heterocycles. The number of nitrogens with zero attached hydrogens (tertiary/aromatic N) is 7. The first kappa shape index (κ1) is 25.1. The van der Waals surface area contributed by atoms with Crippen LogP contribution in [0.1, 0.15) is 17.4 Å². The van der Waals surface area contributed by atoms with Crippen LogP contribution >= 0.6 is 0 Å².